The first-order valence-electron chi connectivity index (χ1n) is 21.7. The molecule has 1 aromatic heterocycles. The minimum Gasteiger partial charge on any atom is -0.379 e. The highest BCUT2D eigenvalue weighted by molar-refractivity contribution is 5.88. The van der Waals surface area contributed by atoms with E-state index in [-0.39, 0.29) is 54.6 Å². The molecule has 13 heteroatoms. The van der Waals surface area contributed by atoms with Crippen molar-refractivity contribution in [1.82, 2.24) is 35.7 Å². The summed E-state index contributed by atoms with van der Waals surface area (Å²) in [6, 6.07) is 10.6. The second-order valence-corrected chi connectivity index (χ2v) is 15.8. The Morgan fingerprint density at radius 2 is 1.64 bits per heavy atom. The number of rotatable bonds is 18. The molecule has 324 valence electrons. The molecule has 10 unspecified atom stereocenters. The van der Waals surface area contributed by atoms with Gasteiger partial charge in [-0.3, -0.25) is 19.2 Å². The van der Waals surface area contributed by atoms with E-state index in [1.54, 1.807) is 44.6 Å². The number of aromatic nitrogens is 2. The van der Waals surface area contributed by atoms with Crippen LogP contribution >= 0.6 is 0 Å². The molecule has 2 aliphatic heterocycles. The van der Waals surface area contributed by atoms with Gasteiger partial charge >= 0.3 is 0 Å². The number of nitrogens with one attached hydrogen (secondary N) is 3. The van der Waals surface area contributed by atoms with Crippen molar-refractivity contribution in [3.05, 3.63) is 60.2 Å². The van der Waals surface area contributed by atoms with E-state index in [1.165, 1.54) is 6.42 Å². The van der Waals surface area contributed by atoms with E-state index in [9.17, 15) is 19.2 Å². The van der Waals surface area contributed by atoms with Gasteiger partial charge in [-0.1, -0.05) is 91.6 Å². The van der Waals surface area contributed by atoms with Crippen molar-refractivity contribution in [1.29, 1.82) is 0 Å². The second kappa shape index (κ2) is 24.9. The minimum atomic E-state index is -0.583. The highest BCUT2D eigenvalue weighted by atomic mass is 16.5. The Balaban J connectivity index is 0.00000172. The third-order valence-electron chi connectivity index (χ3n) is 11.9. The predicted octanol–water partition coefficient (Wildman–Crippen LogP) is 5.50. The van der Waals surface area contributed by atoms with Crippen molar-refractivity contribution in [2.75, 3.05) is 34.4 Å². The maximum Gasteiger partial charge on any atom is 0.242 e. The lowest BCUT2D eigenvalue weighted by molar-refractivity contribution is -0.146. The summed E-state index contributed by atoms with van der Waals surface area (Å²) in [5.74, 6) is -0.396. The standard InChI is InChI=1S/C40H59N7O6.C3H8.C2H6/c1-7-25(2)36(46(4)34(49)24-43-40(51)35-28-16-17-29(22-28)44-35)32(52-5)23-33(48)47-20-11-15-31(47)37(53-6)26(3)39(50)45-30(38-41-18-12-19-42-38)21-27-13-9-8-10-14-27;1-3-2;1-2/h8-10,12-14,18-19,25-26,28-32,35-37,44H,7,11,15-17,20-24H2,1-6H3,(H,43,51)(H,45,50);3H2,1-2H3;1-2H3. The Morgan fingerprint density at radius 3 is 2.21 bits per heavy atom. The van der Waals surface area contributed by atoms with Gasteiger partial charge in [0.25, 0.3) is 0 Å². The maximum atomic E-state index is 14.1. The van der Waals surface area contributed by atoms with E-state index in [1.807, 2.05) is 69.9 Å². The molecule has 3 aliphatic rings. The zero-order valence-corrected chi connectivity index (χ0v) is 36.9. The van der Waals surface area contributed by atoms with Crippen LogP contribution in [0.4, 0.5) is 0 Å². The Morgan fingerprint density at radius 1 is 0.966 bits per heavy atom. The van der Waals surface area contributed by atoms with Crippen LogP contribution in [0.1, 0.15) is 117 Å². The van der Waals surface area contributed by atoms with Crippen LogP contribution in [0.15, 0.2) is 48.8 Å². The van der Waals surface area contributed by atoms with Crippen molar-refractivity contribution in [2.45, 2.75) is 149 Å². The van der Waals surface area contributed by atoms with Gasteiger partial charge in [-0.15, -0.1) is 0 Å². The summed E-state index contributed by atoms with van der Waals surface area (Å²) in [7, 11) is 4.88. The summed E-state index contributed by atoms with van der Waals surface area (Å²) < 4.78 is 12.0. The van der Waals surface area contributed by atoms with E-state index < -0.39 is 30.2 Å². The minimum absolute atomic E-state index is 0.0203. The third-order valence-corrected chi connectivity index (χ3v) is 11.9. The first-order chi connectivity index (χ1) is 28.0. The normalized spacial score (nSPS) is 22.5. The lowest BCUT2D eigenvalue weighted by Crippen LogP contribution is -2.55. The van der Waals surface area contributed by atoms with Crippen molar-refractivity contribution in [3.63, 3.8) is 0 Å². The van der Waals surface area contributed by atoms with Crippen LogP contribution in [0.25, 0.3) is 0 Å². The lowest BCUT2D eigenvalue weighted by atomic mass is 9.90. The molecule has 1 aliphatic carbocycles. The number of hydrogen-bond donors (Lipinski definition) is 3. The third kappa shape index (κ3) is 13.0. The summed E-state index contributed by atoms with van der Waals surface area (Å²) in [6.07, 6.45) is 9.41. The number of carbonyl (C=O) groups is 4. The van der Waals surface area contributed by atoms with Crippen LogP contribution in [0.2, 0.25) is 0 Å². The van der Waals surface area contributed by atoms with Crippen LogP contribution in [0, 0.1) is 17.8 Å². The topological polar surface area (TPSA) is 155 Å². The van der Waals surface area contributed by atoms with Gasteiger partial charge < -0.3 is 35.2 Å². The fraction of sp³-hybridized carbons (Fsp3) is 0.689. The molecule has 0 spiro atoms. The van der Waals surface area contributed by atoms with Gasteiger partial charge in [-0.25, -0.2) is 9.97 Å². The SMILES string of the molecule is CC.CCC.CCC(C)C(C(CC(=O)N1CCCC1C(OC)C(C)C(=O)NC(Cc1ccccc1)c1ncccn1)OC)N(C)C(=O)CNC(=O)C1NC2CCC1C2. The Kier molecular flexibility index (Phi) is 20.8. The molecule has 5 rings (SSSR count). The Bertz CT molecular complexity index is 1530. The molecule has 10 atom stereocenters. The van der Waals surface area contributed by atoms with E-state index in [4.69, 9.17) is 9.47 Å². The van der Waals surface area contributed by atoms with Gasteiger partial charge in [-0.2, -0.15) is 0 Å². The molecule has 2 aromatic rings. The van der Waals surface area contributed by atoms with Crippen molar-refractivity contribution < 1.29 is 28.7 Å². The van der Waals surface area contributed by atoms with Crippen LogP contribution in [-0.2, 0) is 35.1 Å². The van der Waals surface area contributed by atoms with Gasteiger partial charge in [-0.05, 0) is 62.0 Å². The molecule has 3 N–H and O–H groups in total. The second-order valence-electron chi connectivity index (χ2n) is 15.8. The monoisotopic (exact) mass is 808 g/mol. The number of benzene rings is 1. The Labute approximate surface area is 348 Å². The number of carbonyl (C=O) groups excluding carboxylic acids is 4. The number of methoxy groups -OCH3 is 2. The molecule has 0 radical (unpaired) electrons. The van der Waals surface area contributed by atoms with E-state index in [2.05, 4.69) is 39.8 Å². The number of likely N-dealkylation sites (N-methyl/N-ethyl adjacent to an activating group) is 1. The molecule has 1 saturated carbocycles. The molecule has 58 heavy (non-hydrogen) atoms. The average Bonchev–Trinajstić information content (AvgIpc) is 4.03. The van der Waals surface area contributed by atoms with Crippen molar-refractivity contribution in [2.24, 2.45) is 17.8 Å². The highest BCUT2D eigenvalue weighted by Gasteiger charge is 2.44. The van der Waals surface area contributed by atoms with E-state index in [0.717, 1.165) is 37.7 Å². The molecule has 2 saturated heterocycles. The number of ether oxygens (including phenoxy) is 2. The average molecular weight is 808 g/mol. The molecular weight excluding hydrogens is 735 g/mol. The zero-order valence-electron chi connectivity index (χ0n) is 36.9. The number of piperidine rings is 1. The van der Waals surface area contributed by atoms with Gasteiger partial charge in [0, 0.05) is 46.2 Å². The maximum absolute atomic E-state index is 14.1. The van der Waals surface area contributed by atoms with Gasteiger partial charge in [0.2, 0.25) is 23.6 Å². The highest BCUT2D eigenvalue weighted by Crippen LogP contribution is 2.35. The van der Waals surface area contributed by atoms with Gasteiger partial charge in [0.05, 0.1) is 55.3 Å². The van der Waals surface area contributed by atoms with E-state index in [0.29, 0.717) is 37.2 Å². The largest absolute Gasteiger partial charge is 0.379 e. The van der Waals surface area contributed by atoms with Crippen LogP contribution < -0.4 is 16.0 Å². The van der Waals surface area contributed by atoms with E-state index >= 15 is 0 Å². The van der Waals surface area contributed by atoms with Crippen molar-refractivity contribution in [3.8, 4) is 0 Å². The molecule has 1 aromatic carbocycles. The molecule has 2 bridgehead atoms. The van der Waals surface area contributed by atoms with Gasteiger partial charge in [0.15, 0.2) is 5.82 Å². The van der Waals surface area contributed by atoms with Crippen LogP contribution in [-0.4, -0.2) is 114 Å². The molecule has 13 nitrogen and oxygen atoms in total. The lowest BCUT2D eigenvalue weighted by Gasteiger charge is -2.39. The fourth-order valence-corrected chi connectivity index (χ4v) is 8.72. The summed E-state index contributed by atoms with van der Waals surface area (Å²) in [6.45, 7) is 14.6. The number of nitrogens with zero attached hydrogens (tertiary/aromatic N) is 4. The molecular formula is C45H73N7O6. The number of hydrogen-bond acceptors (Lipinski definition) is 9. The van der Waals surface area contributed by atoms with Crippen LogP contribution in [0.3, 0.4) is 0 Å². The first kappa shape index (κ1) is 48.4. The predicted molar refractivity (Wildman–Crippen MR) is 228 cm³/mol. The zero-order chi connectivity index (χ0) is 42.8. The first-order valence-corrected chi connectivity index (χ1v) is 21.7. The number of amides is 4. The molecule has 4 amide bonds. The van der Waals surface area contributed by atoms with Crippen molar-refractivity contribution >= 4 is 23.6 Å². The summed E-state index contributed by atoms with van der Waals surface area (Å²) in [5, 5.41) is 9.41. The quantitative estimate of drug-likeness (QED) is 0.177. The summed E-state index contributed by atoms with van der Waals surface area (Å²) in [5.41, 5.74) is 1.04. The fourth-order valence-electron chi connectivity index (χ4n) is 8.72. The number of fused-ring (bicyclic) bond motifs is 2. The number of likely N-dealkylation sites (tertiary alicyclic amines) is 1. The molecule has 3 heterocycles. The van der Waals surface area contributed by atoms with Crippen LogP contribution in [0.5, 0.6) is 0 Å². The summed E-state index contributed by atoms with van der Waals surface area (Å²) >= 11 is 0. The van der Waals surface area contributed by atoms with Gasteiger partial charge in [0.1, 0.15) is 0 Å². The Hall–Kier alpha value is -3.94. The molecule has 3 fully saturated rings. The smallest absolute Gasteiger partial charge is 0.242 e. The summed E-state index contributed by atoms with van der Waals surface area (Å²) in [4.78, 5) is 66.8.